The maximum absolute atomic E-state index is 11.7. The molecule has 6 nitrogen and oxygen atoms in total. The molecule has 2 rings (SSSR count). The number of hydrogen-bond acceptors (Lipinski definition) is 3. The van der Waals surface area contributed by atoms with Gasteiger partial charge in [0.2, 0.25) is 5.91 Å². The number of carbonyl (C=O) groups is 1. The summed E-state index contributed by atoms with van der Waals surface area (Å²) in [4.78, 5) is 21.1. The van der Waals surface area contributed by atoms with Crippen molar-refractivity contribution in [3.05, 3.63) is 42.0 Å². The molecule has 1 aliphatic rings. The van der Waals surface area contributed by atoms with E-state index < -0.39 is 0 Å². The van der Waals surface area contributed by atoms with E-state index in [2.05, 4.69) is 75.7 Å². The number of halogens is 1. The summed E-state index contributed by atoms with van der Waals surface area (Å²) in [6, 6.07) is 10.4. The Labute approximate surface area is 192 Å². The first-order chi connectivity index (χ1) is 13.7. The van der Waals surface area contributed by atoms with Crippen LogP contribution < -0.4 is 10.6 Å². The van der Waals surface area contributed by atoms with Crippen molar-refractivity contribution >= 4 is 41.9 Å². The second-order valence-electron chi connectivity index (χ2n) is 6.94. The third-order valence-electron chi connectivity index (χ3n) is 4.65. The summed E-state index contributed by atoms with van der Waals surface area (Å²) >= 11 is 0. The molecule has 0 unspecified atom stereocenters. The highest BCUT2D eigenvalue weighted by molar-refractivity contribution is 14.0. The van der Waals surface area contributed by atoms with Crippen LogP contribution >= 0.6 is 24.0 Å². The van der Waals surface area contributed by atoms with Gasteiger partial charge in [0.15, 0.2) is 5.96 Å². The fourth-order valence-corrected chi connectivity index (χ4v) is 3.09. The molecule has 0 aromatic heterocycles. The first-order valence-electron chi connectivity index (χ1n) is 10.5. The highest BCUT2D eigenvalue weighted by atomic mass is 127. The van der Waals surface area contributed by atoms with Gasteiger partial charge in [-0.1, -0.05) is 49.4 Å². The Morgan fingerprint density at radius 1 is 1.10 bits per heavy atom. The number of piperazine rings is 1. The minimum atomic E-state index is 0. The molecule has 0 spiro atoms. The van der Waals surface area contributed by atoms with Crippen LogP contribution in [0.3, 0.4) is 0 Å². The van der Waals surface area contributed by atoms with Gasteiger partial charge in [0, 0.05) is 52.2 Å². The fraction of sp³-hybridized carbons (Fsp3) is 0.545. The van der Waals surface area contributed by atoms with Crippen LogP contribution in [0.15, 0.2) is 41.4 Å². The maximum Gasteiger partial charge on any atom is 0.221 e. The number of carbonyl (C=O) groups excluding carboxylic acids is 1. The lowest BCUT2D eigenvalue weighted by atomic mass is 10.2. The van der Waals surface area contributed by atoms with Gasteiger partial charge in [-0.05, 0) is 18.9 Å². The molecule has 7 heteroatoms. The molecule has 1 amide bonds. The van der Waals surface area contributed by atoms with Crippen LogP contribution in [0.2, 0.25) is 0 Å². The first kappa shape index (κ1) is 25.4. The molecule has 1 aromatic carbocycles. The summed E-state index contributed by atoms with van der Waals surface area (Å²) in [5.41, 5.74) is 1.24. The minimum Gasteiger partial charge on any atom is -0.357 e. The van der Waals surface area contributed by atoms with E-state index >= 15 is 0 Å². The van der Waals surface area contributed by atoms with Crippen molar-refractivity contribution in [3.63, 3.8) is 0 Å². The van der Waals surface area contributed by atoms with Crippen LogP contribution in [-0.4, -0.2) is 74.0 Å². The zero-order chi connectivity index (χ0) is 20.0. The molecule has 1 saturated heterocycles. The molecule has 0 atom stereocenters. The van der Waals surface area contributed by atoms with Gasteiger partial charge in [0.25, 0.3) is 0 Å². The van der Waals surface area contributed by atoms with Gasteiger partial charge in [0.05, 0.1) is 6.54 Å². The van der Waals surface area contributed by atoms with Crippen LogP contribution in [0.1, 0.15) is 32.3 Å². The highest BCUT2D eigenvalue weighted by Crippen LogP contribution is 2.05. The molecule has 0 bridgehead atoms. The standard InChI is InChI=1S/C22H35N5O.HI/c1-3-13-24-21(28)12-14-25-22(23-4-2)27-18-16-26(17-19-27)15-8-11-20-9-6-5-7-10-20;/h5-11H,3-4,12-19H2,1-2H3,(H,23,25)(H,24,28);1H/b11-8+;. The zero-order valence-electron chi connectivity index (χ0n) is 17.8. The average Bonchev–Trinajstić information content (AvgIpc) is 2.73. The van der Waals surface area contributed by atoms with Gasteiger partial charge >= 0.3 is 0 Å². The second kappa shape index (κ2) is 15.3. The minimum absolute atomic E-state index is 0. The number of aliphatic imine (C=N–C) groups is 1. The molecular weight excluding hydrogens is 477 g/mol. The lowest BCUT2D eigenvalue weighted by molar-refractivity contribution is -0.120. The number of hydrogen-bond donors (Lipinski definition) is 2. The molecule has 0 radical (unpaired) electrons. The van der Waals surface area contributed by atoms with E-state index in [1.165, 1.54) is 5.56 Å². The summed E-state index contributed by atoms with van der Waals surface area (Å²) in [5.74, 6) is 1.00. The van der Waals surface area contributed by atoms with Crippen LogP contribution in [0, 0.1) is 0 Å². The van der Waals surface area contributed by atoms with E-state index in [0.29, 0.717) is 13.0 Å². The molecular formula is C22H36IN5O. The van der Waals surface area contributed by atoms with Crippen molar-refractivity contribution in [3.8, 4) is 0 Å². The lowest BCUT2D eigenvalue weighted by Gasteiger charge is -2.36. The molecule has 1 fully saturated rings. The fourth-order valence-electron chi connectivity index (χ4n) is 3.09. The second-order valence-corrected chi connectivity index (χ2v) is 6.94. The van der Waals surface area contributed by atoms with Crippen molar-refractivity contribution in [2.75, 3.05) is 52.4 Å². The summed E-state index contributed by atoms with van der Waals surface area (Å²) in [6.45, 7) is 11.1. The van der Waals surface area contributed by atoms with Crippen molar-refractivity contribution in [1.82, 2.24) is 20.4 Å². The van der Waals surface area contributed by atoms with Crippen LogP contribution in [-0.2, 0) is 4.79 Å². The average molecular weight is 513 g/mol. The first-order valence-corrected chi connectivity index (χ1v) is 10.5. The predicted molar refractivity (Wildman–Crippen MR) is 133 cm³/mol. The van der Waals surface area contributed by atoms with Gasteiger partial charge in [-0.15, -0.1) is 24.0 Å². The summed E-state index contributed by atoms with van der Waals surface area (Å²) in [6.07, 6.45) is 5.82. The third-order valence-corrected chi connectivity index (χ3v) is 4.65. The molecule has 29 heavy (non-hydrogen) atoms. The zero-order valence-corrected chi connectivity index (χ0v) is 20.1. The smallest absolute Gasteiger partial charge is 0.221 e. The Morgan fingerprint density at radius 2 is 1.83 bits per heavy atom. The van der Waals surface area contributed by atoms with Crippen LogP contribution in [0.4, 0.5) is 0 Å². The third kappa shape index (κ3) is 10.1. The van der Waals surface area contributed by atoms with Crippen LogP contribution in [0.25, 0.3) is 6.08 Å². The Balaban J connectivity index is 0.00000420. The van der Waals surface area contributed by atoms with Crippen molar-refractivity contribution in [1.29, 1.82) is 0 Å². The normalized spacial score (nSPS) is 15.2. The highest BCUT2D eigenvalue weighted by Gasteiger charge is 2.18. The number of benzene rings is 1. The summed E-state index contributed by atoms with van der Waals surface area (Å²) in [7, 11) is 0. The largest absolute Gasteiger partial charge is 0.357 e. The van der Waals surface area contributed by atoms with Gasteiger partial charge in [-0.25, -0.2) is 0 Å². The van der Waals surface area contributed by atoms with Crippen molar-refractivity contribution in [2.24, 2.45) is 4.99 Å². The summed E-state index contributed by atoms with van der Waals surface area (Å²) in [5, 5.41) is 6.26. The topological polar surface area (TPSA) is 60.0 Å². The van der Waals surface area contributed by atoms with Crippen LogP contribution in [0.5, 0.6) is 0 Å². The number of guanidine groups is 1. The SMILES string of the molecule is CCCNC(=O)CCN=C(NCC)N1CCN(C/C=C/c2ccccc2)CC1.I. The molecule has 1 heterocycles. The van der Waals surface area contributed by atoms with Crippen molar-refractivity contribution in [2.45, 2.75) is 26.7 Å². The number of amides is 1. The monoisotopic (exact) mass is 513 g/mol. The van der Waals surface area contributed by atoms with E-state index in [1.54, 1.807) is 0 Å². The number of nitrogens with zero attached hydrogens (tertiary/aromatic N) is 3. The van der Waals surface area contributed by atoms with E-state index in [9.17, 15) is 4.79 Å². The van der Waals surface area contributed by atoms with Gasteiger partial charge in [-0.3, -0.25) is 14.7 Å². The number of rotatable bonds is 9. The van der Waals surface area contributed by atoms with Gasteiger partial charge < -0.3 is 15.5 Å². The maximum atomic E-state index is 11.7. The molecule has 1 aliphatic heterocycles. The number of nitrogens with one attached hydrogen (secondary N) is 2. The van der Waals surface area contributed by atoms with E-state index in [4.69, 9.17) is 0 Å². The van der Waals surface area contributed by atoms with Gasteiger partial charge in [0.1, 0.15) is 0 Å². The molecule has 0 saturated carbocycles. The van der Waals surface area contributed by atoms with Crippen molar-refractivity contribution < 1.29 is 4.79 Å². The quantitative estimate of drug-likeness (QED) is 0.303. The van der Waals surface area contributed by atoms with E-state index in [-0.39, 0.29) is 29.9 Å². The Morgan fingerprint density at radius 3 is 2.48 bits per heavy atom. The molecule has 162 valence electrons. The molecule has 2 N–H and O–H groups in total. The Hall–Kier alpha value is -1.61. The predicted octanol–water partition coefficient (Wildman–Crippen LogP) is 2.82. The van der Waals surface area contributed by atoms with E-state index in [0.717, 1.165) is 58.2 Å². The Kier molecular flexibility index (Phi) is 13.4. The van der Waals surface area contributed by atoms with E-state index in [1.807, 2.05) is 6.07 Å². The van der Waals surface area contributed by atoms with Gasteiger partial charge in [-0.2, -0.15) is 0 Å². The lowest BCUT2D eigenvalue weighted by Crippen LogP contribution is -2.52. The Bertz CT molecular complexity index is 627. The summed E-state index contributed by atoms with van der Waals surface area (Å²) < 4.78 is 0. The molecule has 0 aliphatic carbocycles. The molecule has 1 aromatic rings.